The van der Waals surface area contributed by atoms with Crippen molar-refractivity contribution in [2.45, 2.75) is 19.9 Å². The van der Waals surface area contributed by atoms with Crippen molar-refractivity contribution in [2.75, 3.05) is 11.9 Å². The molecule has 4 rings (SSSR count). The number of thiophene rings is 1. The number of rotatable bonds is 6. The summed E-state index contributed by atoms with van der Waals surface area (Å²) in [6.07, 6.45) is 8.02. The van der Waals surface area contributed by atoms with Crippen molar-refractivity contribution in [3.8, 4) is 0 Å². The monoisotopic (exact) mass is 426 g/mol. The summed E-state index contributed by atoms with van der Waals surface area (Å²) in [5.74, 6) is -0.271. The number of aromatic nitrogens is 2. The summed E-state index contributed by atoms with van der Waals surface area (Å²) in [7, 11) is 0. The van der Waals surface area contributed by atoms with Crippen molar-refractivity contribution >= 4 is 52.1 Å². The van der Waals surface area contributed by atoms with Crippen LogP contribution < -0.4 is 10.6 Å². The Morgan fingerprint density at radius 3 is 3.03 bits per heavy atom. The SMILES string of the molecule is Cc1sc(/C=C2\C(=O)Nc3ccc(Cl)cc32)cc1C(=O)NCCCn1ccnc1. The molecule has 2 amide bonds. The highest BCUT2D eigenvalue weighted by molar-refractivity contribution is 7.13. The molecular formula is C21H19ClN4O2S. The smallest absolute Gasteiger partial charge is 0.256 e. The molecule has 1 aliphatic heterocycles. The molecule has 0 fully saturated rings. The van der Waals surface area contributed by atoms with Gasteiger partial charge in [0, 0.05) is 51.5 Å². The number of nitrogens with zero attached hydrogens (tertiary/aromatic N) is 2. The molecule has 8 heteroatoms. The van der Waals surface area contributed by atoms with Crippen LogP contribution in [0.3, 0.4) is 0 Å². The van der Waals surface area contributed by atoms with E-state index in [9.17, 15) is 9.59 Å². The largest absolute Gasteiger partial charge is 0.352 e. The first kappa shape index (κ1) is 19.4. The Hall–Kier alpha value is -2.90. The van der Waals surface area contributed by atoms with Gasteiger partial charge >= 0.3 is 0 Å². The maximum absolute atomic E-state index is 12.5. The molecule has 3 aromatic rings. The predicted molar refractivity (Wildman–Crippen MR) is 116 cm³/mol. The number of nitrogens with one attached hydrogen (secondary N) is 2. The highest BCUT2D eigenvalue weighted by Crippen LogP contribution is 2.36. The van der Waals surface area contributed by atoms with Crippen molar-refractivity contribution in [3.05, 3.63) is 68.9 Å². The van der Waals surface area contributed by atoms with Crippen molar-refractivity contribution in [1.82, 2.24) is 14.9 Å². The van der Waals surface area contributed by atoms with Gasteiger partial charge in [0.1, 0.15) is 0 Å². The van der Waals surface area contributed by atoms with E-state index in [1.54, 1.807) is 30.7 Å². The molecule has 0 saturated heterocycles. The second kappa shape index (κ2) is 8.23. The van der Waals surface area contributed by atoms with Gasteiger partial charge in [-0.2, -0.15) is 0 Å². The third-order valence-corrected chi connectivity index (χ3v) is 5.90. The van der Waals surface area contributed by atoms with E-state index < -0.39 is 0 Å². The third-order valence-electron chi connectivity index (χ3n) is 4.67. The zero-order chi connectivity index (χ0) is 20.4. The van der Waals surface area contributed by atoms with Gasteiger partial charge in [-0.3, -0.25) is 9.59 Å². The van der Waals surface area contributed by atoms with E-state index in [0.29, 0.717) is 22.7 Å². The quantitative estimate of drug-likeness (QED) is 0.457. The molecular weight excluding hydrogens is 408 g/mol. The molecule has 0 radical (unpaired) electrons. The average Bonchev–Trinajstić information content (AvgIpc) is 3.40. The second-order valence-electron chi connectivity index (χ2n) is 6.73. The lowest BCUT2D eigenvalue weighted by Gasteiger charge is -2.05. The first-order chi connectivity index (χ1) is 14.0. The normalized spacial score (nSPS) is 14.1. The van der Waals surface area contributed by atoms with Gasteiger partial charge in [-0.25, -0.2) is 4.98 Å². The summed E-state index contributed by atoms with van der Waals surface area (Å²) in [4.78, 5) is 30.6. The maximum atomic E-state index is 12.5. The van der Waals surface area contributed by atoms with Gasteiger partial charge in [-0.1, -0.05) is 11.6 Å². The number of amides is 2. The highest BCUT2D eigenvalue weighted by atomic mass is 35.5. The van der Waals surface area contributed by atoms with Crippen molar-refractivity contribution in [1.29, 1.82) is 0 Å². The first-order valence-corrected chi connectivity index (χ1v) is 10.4. The van der Waals surface area contributed by atoms with Crippen LogP contribution in [-0.4, -0.2) is 27.9 Å². The lowest BCUT2D eigenvalue weighted by molar-refractivity contribution is -0.110. The molecule has 29 heavy (non-hydrogen) atoms. The van der Waals surface area contributed by atoms with Crippen molar-refractivity contribution in [2.24, 2.45) is 0 Å². The Kier molecular flexibility index (Phi) is 5.51. The van der Waals surface area contributed by atoms with Crippen LogP contribution in [0.2, 0.25) is 5.02 Å². The number of carbonyl (C=O) groups is 2. The van der Waals surface area contributed by atoms with E-state index in [1.165, 1.54) is 11.3 Å². The fraction of sp³-hybridized carbons (Fsp3) is 0.190. The Morgan fingerprint density at radius 1 is 1.38 bits per heavy atom. The molecule has 6 nitrogen and oxygen atoms in total. The Labute approximate surface area is 177 Å². The first-order valence-electron chi connectivity index (χ1n) is 9.18. The van der Waals surface area contributed by atoms with Crippen molar-refractivity contribution in [3.63, 3.8) is 0 Å². The van der Waals surface area contributed by atoms with Gasteiger partial charge in [0.15, 0.2) is 0 Å². The van der Waals surface area contributed by atoms with Crippen LogP contribution in [-0.2, 0) is 11.3 Å². The number of hydrogen-bond donors (Lipinski definition) is 2. The molecule has 1 aromatic carbocycles. The van der Waals surface area contributed by atoms with Gasteiger partial charge in [0.2, 0.25) is 0 Å². The third kappa shape index (κ3) is 4.26. The number of hydrogen-bond acceptors (Lipinski definition) is 4. The van der Waals surface area contributed by atoms with Crippen LogP contribution >= 0.6 is 22.9 Å². The molecule has 0 aliphatic carbocycles. The van der Waals surface area contributed by atoms with Gasteiger partial charge in [-0.05, 0) is 43.7 Å². The van der Waals surface area contributed by atoms with Crippen molar-refractivity contribution < 1.29 is 9.59 Å². The number of fused-ring (bicyclic) bond motifs is 1. The van der Waals surface area contributed by atoms with Crippen LogP contribution in [0.15, 0.2) is 43.0 Å². The van der Waals surface area contributed by atoms with Crippen LogP contribution in [0.1, 0.15) is 32.1 Å². The fourth-order valence-electron chi connectivity index (χ4n) is 3.23. The number of aryl methyl sites for hydroxylation is 2. The number of imidazole rings is 1. The molecule has 0 bridgehead atoms. The van der Waals surface area contributed by atoms with E-state index in [1.807, 2.05) is 29.8 Å². The Bertz CT molecular complexity index is 1100. The molecule has 3 heterocycles. The minimum absolute atomic E-state index is 0.103. The molecule has 0 unspecified atom stereocenters. The average molecular weight is 427 g/mol. The van der Waals surface area contributed by atoms with Crippen LogP contribution in [0, 0.1) is 6.92 Å². The molecule has 0 spiro atoms. The second-order valence-corrected chi connectivity index (χ2v) is 8.45. The van der Waals surface area contributed by atoms with E-state index >= 15 is 0 Å². The number of benzene rings is 1. The fourth-order valence-corrected chi connectivity index (χ4v) is 4.37. The van der Waals surface area contributed by atoms with Crippen LogP contribution in [0.5, 0.6) is 0 Å². The molecule has 2 N–H and O–H groups in total. The minimum Gasteiger partial charge on any atom is -0.352 e. The summed E-state index contributed by atoms with van der Waals surface area (Å²) in [5, 5.41) is 6.37. The van der Waals surface area contributed by atoms with Crippen LogP contribution in [0.4, 0.5) is 5.69 Å². The summed E-state index contributed by atoms with van der Waals surface area (Å²) in [5.41, 5.74) is 2.71. The summed E-state index contributed by atoms with van der Waals surface area (Å²) in [6.45, 7) is 3.29. The standard InChI is InChI=1S/C21H19ClN4O2S/c1-13-16(20(27)24-5-2-7-26-8-6-23-12-26)10-15(29-13)11-18-17-9-14(22)3-4-19(17)25-21(18)28/h3-4,6,8-12H,2,5,7H2,1H3,(H,24,27)(H,25,28)/b18-11-. The van der Waals surface area contributed by atoms with Gasteiger partial charge in [-0.15, -0.1) is 11.3 Å². The van der Waals surface area contributed by atoms with E-state index in [2.05, 4.69) is 15.6 Å². The van der Waals surface area contributed by atoms with Gasteiger partial charge < -0.3 is 15.2 Å². The topological polar surface area (TPSA) is 76.0 Å². The number of anilines is 1. The Morgan fingerprint density at radius 2 is 2.24 bits per heavy atom. The van der Waals surface area contributed by atoms with Crippen LogP contribution in [0.25, 0.3) is 11.6 Å². The lowest BCUT2D eigenvalue weighted by Crippen LogP contribution is -2.25. The summed E-state index contributed by atoms with van der Waals surface area (Å²) in [6, 6.07) is 7.13. The maximum Gasteiger partial charge on any atom is 0.256 e. The molecule has 148 valence electrons. The van der Waals surface area contributed by atoms with E-state index in [0.717, 1.165) is 34.0 Å². The predicted octanol–water partition coefficient (Wildman–Crippen LogP) is 4.22. The zero-order valence-electron chi connectivity index (χ0n) is 15.7. The van der Waals surface area contributed by atoms with Gasteiger partial charge in [0.25, 0.3) is 11.8 Å². The van der Waals surface area contributed by atoms with Gasteiger partial charge in [0.05, 0.1) is 17.5 Å². The molecule has 1 aliphatic rings. The summed E-state index contributed by atoms with van der Waals surface area (Å²) >= 11 is 7.57. The zero-order valence-corrected chi connectivity index (χ0v) is 17.3. The highest BCUT2D eigenvalue weighted by Gasteiger charge is 2.24. The lowest BCUT2D eigenvalue weighted by atomic mass is 10.1. The molecule has 0 atom stereocenters. The molecule has 2 aromatic heterocycles. The minimum atomic E-state index is -0.168. The Balaban J connectivity index is 1.45. The molecule has 0 saturated carbocycles. The number of carbonyl (C=O) groups excluding carboxylic acids is 2. The number of halogens is 1. The summed E-state index contributed by atoms with van der Waals surface area (Å²) < 4.78 is 1.98. The van der Waals surface area contributed by atoms with E-state index in [4.69, 9.17) is 11.6 Å². The van der Waals surface area contributed by atoms with E-state index in [-0.39, 0.29) is 11.8 Å².